The van der Waals surface area contributed by atoms with E-state index in [4.69, 9.17) is 0 Å². The molecule has 4 rings (SSSR count). The first kappa shape index (κ1) is 16.9. The molecule has 5 nitrogen and oxygen atoms in total. The largest absolute Gasteiger partial charge is 0.369 e. The number of rotatable bonds is 2. The predicted molar refractivity (Wildman–Crippen MR) is 93.2 cm³/mol. The lowest BCUT2D eigenvalue weighted by molar-refractivity contribution is -0.150. The van der Waals surface area contributed by atoms with E-state index in [-0.39, 0.29) is 32.0 Å². The van der Waals surface area contributed by atoms with E-state index < -0.39 is 11.3 Å². The van der Waals surface area contributed by atoms with E-state index in [1.807, 2.05) is 11.0 Å². The fraction of sp³-hybridized carbons (Fsp3) is 0.421. The van der Waals surface area contributed by atoms with Crippen LogP contribution in [0.3, 0.4) is 0 Å². The predicted octanol–water partition coefficient (Wildman–Crippen LogP) is 2.85. The van der Waals surface area contributed by atoms with E-state index in [0.29, 0.717) is 18.5 Å². The number of alkyl halides is 2. The Kier molecular flexibility index (Phi) is 4.09. The summed E-state index contributed by atoms with van der Waals surface area (Å²) in [5, 5.41) is 0. The van der Waals surface area contributed by atoms with E-state index >= 15 is 0 Å². The number of hydrogen-bond acceptors (Lipinski definition) is 4. The Morgan fingerprint density at radius 3 is 2.46 bits per heavy atom. The SMILES string of the molecule is O=C(c1cccnc1)N1CCC(F)(F)[C@]2(CCN(c3cccnc3)C2)C1. The summed E-state index contributed by atoms with van der Waals surface area (Å²) in [6.45, 7) is 0.887. The topological polar surface area (TPSA) is 49.3 Å². The number of hydrogen-bond donors (Lipinski definition) is 0. The molecule has 0 aromatic carbocycles. The average Bonchev–Trinajstić information content (AvgIpc) is 3.11. The zero-order valence-corrected chi connectivity index (χ0v) is 14.3. The van der Waals surface area contributed by atoms with Gasteiger partial charge in [0, 0.05) is 51.2 Å². The summed E-state index contributed by atoms with van der Waals surface area (Å²) >= 11 is 0. The van der Waals surface area contributed by atoms with Crippen LogP contribution in [0, 0.1) is 5.41 Å². The van der Waals surface area contributed by atoms with Gasteiger partial charge in [0.2, 0.25) is 0 Å². The first-order valence-electron chi connectivity index (χ1n) is 8.73. The molecular weight excluding hydrogens is 338 g/mol. The van der Waals surface area contributed by atoms with Crippen LogP contribution in [-0.4, -0.2) is 52.9 Å². The summed E-state index contributed by atoms with van der Waals surface area (Å²) in [6, 6.07) is 7.04. The number of amides is 1. The van der Waals surface area contributed by atoms with Crippen molar-refractivity contribution in [3.05, 3.63) is 54.6 Å². The molecule has 2 saturated heterocycles. The van der Waals surface area contributed by atoms with Crippen molar-refractivity contribution < 1.29 is 13.6 Å². The second-order valence-electron chi connectivity index (χ2n) is 7.09. The minimum atomic E-state index is -2.80. The smallest absolute Gasteiger partial charge is 0.258 e. The lowest BCUT2D eigenvalue weighted by Crippen LogP contribution is -2.58. The second kappa shape index (κ2) is 6.30. The summed E-state index contributed by atoms with van der Waals surface area (Å²) in [6.07, 6.45) is 6.48. The zero-order chi connectivity index (χ0) is 18.2. The Morgan fingerprint density at radius 1 is 1.00 bits per heavy atom. The van der Waals surface area contributed by atoms with Crippen molar-refractivity contribution in [3.8, 4) is 0 Å². The Balaban J connectivity index is 1.57. The van der Waals surface area contributed by atoms with E-state index in [9.17, 15) is 13.6 Å². The van der Waals surface area contributed by atoms with Gasteiger partial charge in [0.05, 0.1) is 22.9 Å². The van der Waals surface area contributed by atoms with Gasteiger partial charge in [-0.1, -0.05) is 0 Å². The van der Waals surface area contributed by atoms with Gasteiger partial charge in [-0.25, -0.2) is 8.78 Å². The van der Waals surface area contributed by atoms with E-state index in [2.05, 4.69) is 9.97 Å². The molecule has 1 spiro atoms. The quantitative estimate of drug-likeness (QED) is 0.828. The van der Waals surface area contributed by atoms with E-state index in [1.165, 1.54) is 6.20 Å². The molecule has 26 heavy (non-hydrogen) atoms. The van der Waals surface area contributed by atoms with Crippen LogP contribution < -0.4 is 4.90 Å². The fourth-order valence-corrected chi connectivity index (χ4v) is 4.01. The number of pyridine rings is 2. The number of aromatic nitrogens is 2. The lowest BCUT2D eigenvalue weighted by Gasteiger charge is -2.46. The summed E-state index contributed by atoms with van der Waals surface area (Å²) in [7, 11) is 0. The molecule has 2 aromatic rings. The maximum absolute atomic E-state index is 14.9. The molecule has 2 aliphatic rings. The molecule has 4 heterocycles. The third kappa shape index (κ3) is 2.81. The van der Waals surface area contributed by atoms with Crippen LogP contribution in [0.1, 0.15) is 23.2 Å². The van der Waals surface area contributed by atoms with Crippen molar-refractivity contribution >= 4 is 11.6 Å². The van der Waals surface area contributed by atoms with Gasteiger partial charge in [-0.15, -0.1) is 0 Å². The van der Waals surface area contributed by atoms with Crippen molar-refractivity contribution in [2.24, 2.45) is 5.41 Å². The Bertz CT molecular complexity index is 787. The average molecular weight is 358 g/mol. The summed E-state index contributed by atoms with van der Waals surface area (Å²) in [5.74, 6) is -3.02. The van der Waals surface area contributed by atoms with Crippen LogP contribution in [0.25, 0.3) is 0 Å². The Morgan fingerprint density at radius 2 is 1.77 bits per heavy atom. The molecule has 7 heteroatoms. The number of piperidine rings is 1. The van der Waals surface area contributed by atoms with Crippen molar-refractivity contribution in [1.29, 1.82) is 0 Å². The minimum absolute atomic E-state index is 0.0600. The zero-order valence-electron chi connectivity index (χ0n) is 14.3. The van der Waals surface area contributed by atoms with E-state index in [0.717, 1.165) is 5.69 Å². The van der Waals surface area contributed by atoms with E-state index in [1.54, 1.807) is 41.7 Å². The van der Waals surface area contributed by atoms with Gasteiger partial charge in [-0.3, -0.25) is 14.8 Å². The molecule has 136 valence electrons. The number of carbonyl (C=O) groups excluding carboxylic acids is 1. The van der Waals surface area contributed by atoms with Gasteiger partial charge in [-0.2, -0.15) is 0 Å². The molecule has 0 bridgehead atoms. The van der Waals surface area contributed by atoms with Crippen molar-refractivity contribution in [3.63, 3.8) is 0 Å². The second-order valence-corrected chi connectivity index (χ2v) is 7.09. The lowest BCUT2D eigenvalue weighted by atomic mass is 9.75. The number of likely N-dealkylation sites (tertiary alicyclic amines) is 1. The summed E-state index contributed by atoms with van der Waals surface area (Å²) in [4.78, 5) is 24.3. The molecule has 0 radical (unpaired) electrons. The summed E-state index contributed by atoms with van der Waals surface area (Å²) < 4.78 is 29.8. The first-order valence-corrected chi connectivity index (χ1v) is 8.73. The molecule has 0 saturated carbocycles. The van der Waals surface area contributed by atoms with Gasteiger partial charge in [-0.05, 0) is 30.7 Å². The monoisotopic (exact) mass is 358 g/mol. The van der Waals surface area contributed by atoms with Crippen LogP contribution in [0.2, 0.25) is 0 Å². The molecule has 2 aromatic heterocycles. The van der Waals surface area contributed by atoms with Gasteiger partial charge in [0.15, 0.2) is 0 Å². The minimum Gasteiger partial charge on any atom is -0.369 e. The number of halogens is 2. The van der Waals surface area contributed by atoms with Crippen LogP contribution in [0.15, 0.2) is 49.1 Å². The fourth-order valence-electron chi connectivity index (χ4n) is 4.01. The molecule has 0 unspecified atom stereocenters. The van der Waals surface area contributed by atoms with Crippen LogP contribution in [-0.2, 0) is 0 Å². The first-order chi connectivity index (χ1) is 12.5. The van der Waals surface area contributed by atoms with Crippen LogP contribution in [0.5, 0.6) is 0 Å². The third-order valence-corrected chi connectivity index (χ3v) is 5.53. The van der Waals surface area contributed by atoms with Crippen LogP contribution >= 0.6 is 0 Å². The maximum atomic E-state index is 14.9. The molecule has 1 amide bonds. The standard InChI is InChI=1S/C19H20F2N4O/c20-19(21)6-10-25(17(26)15-3-1-7-22-11-15)14-18(19)5-9-24(13-18)16-4-2-8-23-12-16/h1-4,7-8,11-12H,5-6,9-10,13-14H2/t18-/m0/s1. The van der Waals surface area contributed by atoms with Gasteiger partial charge in [0.1, 0.15) is 0 Å². The van der Waals surface area contributed by atoms with Gasteiger partial charge in [0.25, 0.3) is 11.8 Å². The maximum Gasteiger partial charge on any atom is 0.258 e. The highest BCUT2D eigenvalue weighted by molar-refractivity contribution is 5.94. The highest BCUT2D eigenvalue weighted by Crippen LogP contribution is 2.50. The molecule has 2 aliphatic heterocycles. The van der Waals surface area contributed by atoms with Crippen molar-refractivity contribution in [2.75, 3.05) is 31.1 Å². The van der Waals surface area contributed by atoms with Crippen molar-refractivity contribution in [2.45, 2.75) is 18.8 Å². The molecular formula is C19H20F2N4O. The van der Waals surface area contributed by atoms with Gasteiger partial charge < -0.3 is 9.80 Å². The molecule has 0 aliphatic carbocycles. The van der Waals surface area contributed by atoms with Crippen LogP contribution in [0.4, 0.5) is 14.5 Å². The van der Waals surface area contributed by atoms with Gasteiger partial charge >= 0.3 is 0 Å². The molecule has 2 fully saturated rings. The normalized spacial score (nSPS) is 24.8. The Hall–Kier alpha value is -2.57. The van der Waals surface area contributed by atoms with Crippen molar-refractivity contribution in [1.82, 2.24) is 14.9 Å². The highest BCUT2D eigenvalue weighted by atomic mass is 19.3. The number of carbonyl (C=O) groups is 1. The number of nitrogens with zero attached hydrogens (tertiary/aromatic N) is 4. The highest BCUT2D eigenvalue weighted by Gasteiger charge is 2.60. The summed E-state index contributed by atoms with van der Waals surface area (Å²) in [5.41, 5.74) is 0.0600. The third-order valence-electron chi connectivity index (χ3n) is 5.53. The number of anilines is 1. The molecule has 0 N–H and O–H groups in total. The molecule has 1 atom stereocenters. The Labute approximate surface area is 150 Å².